The van der Waals surface area contributed by atoms with Gasteiger partial charge in [-0.1, -0.05) is 32.0 Å². The highest BCUT2D eigenvalue weighted by atomic mass is 15.2. The molecule has 1 aromatic heterocycles. The predicted octanol–water partition coefficient (Wildman–Crippen LogP) is 3.61. The second kappa shape index (κ2) is 8.89. The maximum atomic E-state index is 4.50. The molecule has 2 N–H and O–H groups in total. The summed E-state index contributed by atoms with van der Waals surface area (Å²) in [6.45, 7) is 11.5. The Morgan fingerprint density at radius 2 is 1.90 bits per heavy atom. The largest absolute Gasteiger partial charge is 0.356 e. The van der Waals surface area contributed by atoms with Gasteiger partial charge >= 0.3 is 0 Å². The number of hydrogen-bond donors (Lipinski definition) is 2. The number of nitrogens with one attached hydrogen (secondary N) is 2. The first-order valence-corrected chi connectivity index (χ1v) is 7.53. The van der Waals surface area contributed by atoms with Crippen molar-refractivity contribution in [2.24, 2.45) is 4.99 Å². The van der Waals surface area contributed by atoms with Crippen LogP contribution >= 0.6 is 0 Å². The van der Waals surface area contributed by atoms with Crippen LogP contribution in [0.25, 0.3) is 10.9 Å². The van der Waals surface area contributed by atoms with Crippen LogP contribution in [0, 0.1) is 6.92 Å². The SMILES string of the molecule is CC.CCN=C(NCC)Nc1nc(C)c2ccccc2n1.[HH]. The standard InChI is InChI=1S/C14H19N5.C2H6.H2/c1-4-15-13(16-5-2)19-14-17-10(3)11-8-6-7-9-12(11)18-14;1-2;/h6-9H,4-5H2,1-3H3,(H2,15,16,17,18,19);1-2H3;1H. The van der Waals surface area contributed by atoms with E-state index >= 15 is 0 Å². The number of hydrogen-bond acceptors (Lipinski definition) is 3. The summed E-state index contributed by atoms with van der Waals surface area (Å²) < 4.78 is 0. The number of para-hydroxylation sites is 1. The van der Waals surface area contributed by atoms with E-state index in [1.165, 1.54) is 0 Å². The van der Waals surface area contributed by atoms with Gasteiger partial charge in [-0.15, -0.1) is 0 Å². The van der Waals surface area contributed by atoms with Crippen molar-refractivity contribution in [1.82, 2.24) is 15.3 Å². The Morgan fingerprint density at radius 3 is 2.57 bits per heavy atom. The van der Waals surface area contributed by atoms with E-state index in [9.17, 15) is 0 Å². The molecule has 5 nitrogen and oxygen atoms in total. The molecule has 0 aliphatic heterocycles. The Hall–Kier alpha value is -2.17. The number of nitrogens with zero attached hydrogens (tertiary/aromatic N) is 3. The molecule has 0 amide bonds. The van der Waals surface area contributed by atoms with Gasteiger partial charge in [0.05, 0.1) is 11.2 Å². The number of guanidine groups is 1. The maximum Gasteiger partial charge on any atom is 0.230 e. The quantitative estimate of drug-likeness (QED) is 0.669. The van der Waals surface area contributed by atoms with Crippen molar-refractivity contribution in [3.05, 3.63) is 30.0 Å². The van der Waals surface area contributed by atoms with E-state index in [1.54, 1.807) is 0 Å². The lowest BCUT2D eigenvalue weighted by atomic mass is 10.2. The van der Waals surface area contributed by atoms with E-state index in [0.717, 1.165) is 23.1 Å². The van der Waals surface area contributed by atoms with E-state index in [4.69, 9.17) is 0 Å². The lowest BCUT2D eigenvalue weighted by molar-refractivity contribution is 0.939. The Balaban J connectivity index is 0.00000141. The van der Waals surface area contributed by atoms with Crippen molar-refractivity contribution in [3.63, 3.8) is 0 Å². The summed E-state index contributed by atoms with van der Waals surface area (Å²) in [5.74, 6) is 1.28. The number of aliphatic imine (C=N–C) groups is 1. The summed E-state index contributed by atoms with van der Waals surface area (Å²) in [5, 5.41) is 7.36. The first-order valence-electron chi connectivity index (χ1n) is 7.53. The third kappa shape index (κ3) is 4.70. The van der Waals surface area contributed by atoms with E-state index in [0.29, 0.717) is 18.5 Å². The van der Waals surface area contributed by atoms with Crippen molar-refractivity contribution in [1.29, 1.82) is 0 Å². The second-order valence-electron chi connectivity index (χ2n) is 4.13. The molecular weight excluding hydrogens is 262 g/mol. The molecule has 0 saturated heterocycles. The van der Waals surface area contributed by atoms with Crippen LogP contribution < -0.4 is 10.6 Å². The van der Waals surface area contributed by atoms with E-state index in [2.05, 4.69) is 25.6 Å². The van der Waals surface area contributed by atoms with E-state index < -0.39 is 0 Å². The van der Waals surface area contributed by atoms with Gasteiger partial charge in [0.2, 0.25) is 5.95 Å². The molecule has 0 fully saturated rings. The number of anilines is 1. The zero-order valence-electron chi connectivity index (χ0n) is 13.6. The Morgan fingerprint density at radius 1 is 1.19 bits per heavy atom. The van der Waals surface area contributed by atoms with Crippen LogP contribution in [0.5, 0.6) is 0 Å². The number of rotatable bonds is 3. The molecule has 0 unspecified atom stereocenters. The van der Waals surface area contributed by atoms with Crippen LogP contribution in [0.4, 0.5) is 5.95 Å². The molecular formula is C16H27N5. The lowest BCUT2D eigenvalue weighted by Gasteiger charge is -2.11. The van der Waals surface area contributed by atoms with Crippen LogP contribution in [0.3, 0.4) is 0 Å². The van der Waals surface area contributed by atoms with Crippen LogP contribution in [0.1, 0.15) is 34.8 Å². The van der Waals surface area contributed by atoms with E-state index in [1.807, 2.05) is 58.9 Å². The topological polar surface area (TPSA) is 62.2 Å². The average molecular weight is 289 g/mol. The van der Waals surface area contributed by atoms with Crippen LogP contribution in [-0.2, 0) is 0 Å². The van der Waals surface area contributed by atoms with Crippen molar-refractivity contribution in [3.8, 4) is 0 Å². The third-order valence-corrected chi connectivity index (χ3v) is 2.68. The molecule has 5 heteroatoms. The summed E-state index contributed by atoms with van der Waals surface area (Å²) in [6, 6.07) is 7.98. The molecule has 0 radical (unpaired) electrons. The second-order valence-corrected chi connectivity index (χ2v) is 4.13. The summed E-state index contributed by atoms with van der Waals surface area (Å²) >= 11 is 0. The number of aryl methyl sites for hydroxylation is 1. The molecule has 21 heavy (non-hydrogen) atoms. The zero-order valence-corrected chi connectivity index (χ0v) is 13.6. The monoisotopic (exact) mass is 289 g/mol. The normalized spacial score (nSPS) is 10.8. The van der Waals surface area contributed by atoms with Gasteiger partial charge in [0.25, 0.3) is 0 Å². The van der Waals surface area contributed by atoms with Crippen LogP contribution in [0.2, 0.25) is 0 Å². The smallest absolute Gasteiger partial charge is 0.230 e. The Labute approximate surface area is 128 Å². The molecule has 2 aromatic rings. The van der Waals surface area contributed by atoms with Crippen molar-refractivity contribution in [2.45, 2.75) is 34.6 Å². The van der Waals surface area contributed by atoms with Gasteiger partial charge in [-0.25, -0.2) is 9.97 Å². The zero-order chi connectivity index (χ0) is 15.7. The van der Waals surface area contributed by atoms with Crippen molar-refractivity contribution >= 4 is 22.8 Å². The van der Waals surface area contributed by atoms with Crippen molar-refractivity contribution < 1.29 is 1.43 Å². The molecule has 0 saturated carbocycles. The summed E-state index contributed by atoms with van der Waals surface area (Å²) in [7, 11) is 0. The van der Waals surface area contributed by atoms with Gasteiger partial charge in [-0.2, -0.15) is 0 Å². The van der Waals surface area contributed by atoms with Gasteiger partial charge in [0, 0.05) is 19.9 Å². The minimum absolute atomic E-state index is 0. The molecule has 0 bridgehead atoms. The van der Waals surface area contributed by atoms with Gasteiger partial charge in [0.15, 0.2) is 5.96 Å². The summed E-state index contributed by atoms with van der Waals surface area (Å²) in [5.41, 5.74) is 1.89. The Bertz CT molecular complexity index is 598. The van der Waals surface area contributed by atoms with Crippen molar-refractivity contribution in [2.75, 3.05) is 18.4 Å². The highest BCUT2D eigenvalue weighted by Crippen LogP contribution is 2.16. The molecule has 0 atom stereocenters. The fourth-order valence-electron chi connectivity index (χ4n) is 1.86. The highest BCUT2D eigenvalue weighted by Gasteiger charge is 2.05. The summed E-state index contributed by atoms with van der Waals surface area (Å²) in [4.78, 5) is 13.3. The van der Waals surface area contributed by atoms with Gasteiger partial charge < -0.3 is 5.32 Å². The van der Waals surface area contributed by atoms with Gasteiger partial charge in [0.1, 0.15) is 0 Å². The lowest BCUT2D eigenvalue weighted by Crippen LogP contribution is -2.31. The fourth-order valence-corrected chi connectivity index (χ4v) is 1.86. The molecule has 116 valence electrons. The predicted molar refractivity (Wildman–Crippen MR) is 93.0 cm³/mol. The fraction of sp³-hybridized carbons (Fsp3) is 0.438. The number of benzene rings is 1. The minimum Gasteiger partial charge on any atom is -0.356 e. The number of fused-ring (bicyclic) bond motifs is 1. The van der Waals surface area contributed by atoms with Crippen LogP contribution in [0.15, 0.2) is 29.3 Å². The molecule has 1 aromatic carbocycles. The van der Waals surface area contributed by atoms with Gasteiger partial charge in [-0.05, 0) is 26.8 Å². The first kappa shape index (κ1) is 16.9. The molecule has 0 spiro atoms. The molecule has 0 aliphatic carbocycles. The molecule has 1 heterocycles. The first-order chi connectivity index (χ1) is 10.2. The van der Waals surface area contributed by atoms with E-state index in [-0.39, 0.29) is 1.43 Å². The molecule has 2 rings (SSSR count). The Kier molecular flexibility index (Phi) is 7.15. The summed E-state index contributed by atoms with van der Waals surface area (Å²) in [6.07, 6.45) is 0. The van der Waals surface area contributed by atoms with Crippen LogP contribution in [-0.4, -0.2) is 29.0 Å². The maximum absolute atomic E-state index is 4.50. The third-order valence-electron chi connectivity index (χ3n) is 2.68. The highest BCUT2D eigenvalue weighted by molar-refractivity contribution is 5.93. The molecule has 0 aliphatic rings. The minimum atomic E-state index is 0. The van der Waals surface area contributed by atoms with Gasteiger partial charge in [-0.3, -0.25) is 10.3 Å². The average Bonchev–Trinajstić information content (AvgIpc) is 2.50. The number of aromatic nitrogens is 2.